The van der Waals surface area contributed by atoms with E-state index in [-0.39, 0.29) is 5.65 Å². The molecule has 0 unspecified atom stereocenters. The second-order valence-corrected chi connectivity index (χ2v) is 6.67. The van der Waals surface area contributed by atoms with E-state index in [4.69, 9.17) is 0 Å². The van der Waals surface area contributed by atoms with Crippen LogP contribution < -0.4 is 5.32 Å². The van der Waals surface area contributed by atoms with Gasteiger partial charge in [-0.25, -0.2) is 4.98 Å². The lowest BCUT2D eigenvalue weighted by Crippen LogP contribution is -2.14. The lowest BCUT2D eigenvalue weighted by molar-refractivity contribution is -0.146. The van der Waals surface area contributed by atoms with Gasteiger partial charge in [0.25, 0.3) is 5.82 Å². The van der Waals surface area contributed by atoms with Crippen molar-refractivity contribution in [2.24, 2.45) is 0 Å². The third-order valence-electron chi connectivity index (χ3n) is 2.78. The van der Waals surface area contributed by atoms with E-state index in [9.17, 15) is 13.2 Å². The molecule has 0 radical (unpaired) electrons. The Balaban J connectivity index is 1.57. The van der Waals surface area contributed by atoms with Crippen molar-refractivity contribution in [3.63, 3.8) is 0 Å². The van der Waals surface area contributed by atoms with Crippen molar-refractivity contribution in [1.29, 1.82) is 0 Å². The fourth-order valence-corrected chi connectivity index (χ4v) is 3.44. The van der Waals surface area contributed by atoms with Crippen LogP contribution in [-0.4, -0.2) is 37.1 Å². The second kappa shape index (κ2) is 6.71. The van der Waals surface area contributed by atoms with Crippen LogP contribution in [-0.2, 0) is 6.18 Å². The minimum Gasteiger partial charge on any atom is -0.369 e. The monoisotopic (exact) mass is 360 g/mol. The summed E-state index contributed by atoms with van der Waals surface area (Å²) in [5.74, 6) is 0.0842. The SMILES string of the molecule is FC(F)(F)c1nnc2ccc(NCCCSc3nccs3)nn12. The Morgan fingerprint density at radius 2 is 2.13 bits per heavy atom. The third-order valence-corrected chi connectivity index (χ3v) is 4.83. The lowest BCUT2D eigenvalue weighted by Gasteiger charge is -2.07. The van der Waals surface area contributed by atoms with Gasteiger partial charge >= 0.3 is 6.18 Å². The van der Waals surface area contributed by atoms with Crippen LogP contribution in [0.1, 0.15) is 12.2 Å². The van der Waals surface area contributed by atoms with Crippen LogP contribution in [0.5, 0.6) is 0 Å². The predicted octanol–water partition coefficient (Wildman–Crippen LogP) is 3.19. The van der Waals surface area contributed by atoms with Crippen LogP contribution in [0.15, 0.2) is 28.0 Å². The van der Waals surface area contributed by atoms with E-state index in [2.05, 4.69) is 25.6 Å². The standard InChI is InChI=1S/C12H11F3N6S2/c13-12(14,15)10-19-18-9-3-2-8(20-21(9)10)16-4-1-6-22-11-17-5-7-23-11/h2-3,5,7H,1,4,6H2,(H,16,20). The first-order chi connectivity index (χ1) is 11.0. The number of anilines is 1. The number of nitrogens with zero attached hydrogens (tertiary/aromatic N) is 5. The number of nitrogens with one attached hydrogen (secondary N) is 1. The molecule has 1 N–H and O–H groups in total. The normalized spacial score (nSPS) is 12.0. The molecule has 122 valence electrons. The van der Waals surface area contributed by atoms with Crippen LogP contribution in [0, 0.1) is 0 Å². The number of rotatable bonds is 6. The summed E-state index contributed by atoms with van der Waals surface area (Å²) in [7, 11) is 0. The highest BCUT2D eigenvalue weighted by Gasteiger charge is 2.37. The largest absolute Gasteiger partial charge is 0.453 e. The van der Waals surface area contributed by atoms with E-state index in [0.717, 1.165) is 16.5 Å². The molecule has 0 saturated heterocycles. The number of thioether (sulfide) groups is 1. The highest BCUT2D eigenvalue weighted by molar-refractivity contribution is 8.00. The van der Waals surface area contributed by atoms with E-state index in [0.29, 0.717) is 16.9 Å². The van der Waals surface area contributed by atoms with Gasteiger partial charge in [0.15, 0.2) is 5.65 Å². The van der Waals surface area contributed by atoms with Gasteiger partial charge in [-0.05, 0) is 18.6 Å². The molecular formula is C12H11F3N6S2. The first-order valence-electron chi connectivity index (χ1n) is 6.60. The van der Waals surface area contributed by atoms with Gasteiger partial charge < -0.3 is 5.32 Å². The molecule has 23 heavy (non-hydrogen) atoms. The Morgan fingerprint density at radius 3 is 2.87 bits per heavy atom. The number of thiazole rings is 1. The fourth-order valence-electron chi connectivity index (χ4n) is 1.79. The highest BCUT2D eigenvalue weighted by Crippen LogP contribution is 2.27. The highest BCUT2D eigenvalue weighted by atomic mass is 32.2. The van der Waals surface area contributed by atoms with Crippen molar-refractivity contribution >= 4 is 34.6 Å². The third kappa shape index (κ3) is 3.91. The van der Waals surface area contributed by atoms with Crippen molar-refractivity contribution in [2.45, 2.75) is 16.9 Å². The molecule has 0 aliphatic carbocycles. The van der Waals surface area contributed by atoms with Crippen LogP contribution in [0.4, 0.5) is 19.0 Å². The van der Waals surface area contributed by atoms with Crippen LogP contribution in [0.25, 0.3) is 5.65 Å². The van der Waals surface area contributed by atoms with Crippen molar-refractivity contribution in [3.05, 3.63) is 29.5 Å². The van der Waals surface area contributed by atoms with E-state index in [1.807, 2.05) is 5.38 Å². The first kappa shape index (κ1) is 16.0. The van der Waals surface area contributed by atoms with Gasteiger partial charge in [0, 0.05) is 23.9 Å². The molecule has 0 aliphatic rings. The Morgan fingerprint density at radius 1 is 1.26 bits per heavy atom. The van der Waals surface area contributed by atoms with Gasteiger partial charge in [0.2, 0.25) is 0 Å². The molecule has 3 aromatic heterocycles. The minimum absolute atomic E-state index is 0.0576. The summed E-state index contributed by atoms with van der Waals surface area (Å²) in [6, 6.07) is 3.03. The molecule has 0 bridgehead atoms. The molecule has 0 aliphatic heterocycles. The van der Waals surface area contributed by atoms with Gasteiger partial charge in [-0.3, -0.25) is 0 Å². The lowest BCUT2D eigenvalue weighted by atomic mass is 10.4. The predicted molar refractivity (Wildman–Crippen MR) is 81.7 cm³/mol. The average Bonchev–Trinajstić information content (AvgIpc) is 3.14. The van der Waals surface area contributed by atoms with Crippen LogP contribution in [0.2, 0.25) is 0 Å². The smallest absolute Gasteiger partial charge is 0.369 e. The average molecular weight is 360 g/mol. The molecule has 6 nitrogen and oxygen atoms in total. The molecule has 0 aromatic carbocycles. The number of aromatic nitrogens is 5. The van der Waals surface area contributed by atoms with E-state index < -0.39 is 12.0 Å². The summed E-state index contributed by atoms with van der Waals surface area (Å²) >= 11 is 3.22. The number of fused-ring (bicyclic) bond motifs is 1. The maximum absolute atomic E-state index is 12.8. The molecule has 11 heteroatoms. The van der Waals surface area contributed by atoms with Crippen molar-refractivity contribution in [3.8, 4) is 0 Å². The summed E-state index contributed by atoms with van der Waals surface area (Å²) in [5, 5.41) is 15.4. The molecular weight excluding hydrogens is 349 g/mol. The fraction of sp³-hybridized carbons (Fsp3) is 0.333. The molecule has 0 spiro atoms. The van der Waals surface area contributed by atoms with Crippen molar-refractivity contribution < 1.29 is 13.2 Å². The summed E-state index contributed by atoms with van der Waals surface area (Å²) in [6.07, 6.45) is -2.00. The summed E-state index contributed by atoms with van der Waals surface area (Å²) < 4.78 is 40.0. The summed E-state index contributed by atoms with van der Waals surface area (Å²) in [6.45, 7) is 0.598. The Bertz CT molecular complexity index is 771. The first-order valence-corrected chi connectivity index (χ1v) is 8.46. The quantitative estimate of drug-likeness (QED) is 0.538. The van der Waals surface area contributed by atoms with Gasteiger partial charge in [-0.15, -0.1) is 26.6 Å². The molecule has 0 atom stereocenters. The maximum Gasteiger partial charge on any atom is 0.453 e. The van der Waals surface area contributed by atoms with E-state index in [1.165, 1.54) is 6.07 Å². The zero-order valence-corrected chi connectivity index (χ0v) is 13.3. The topological polar surface area (TPSA) is 68.0 Å². The van der Waals surface area contributed by atoms with Gasteiger partial charge in [0.1, 0.15) is 10.2 Å². The van der Waals surface area contributed by atoms with E-state index >= 15 is 0 Å². The van der Waals surface area contributed by atoms with Gasteiger partial charge in [-0.1, -0.05) is 11.8 Å². The molecule has 0 saturated carbocycles. The second-order valence-electron chi connectivity index (χ2n) is 4.44. The van der Waals surface area contributed by atoms with Crippen LogP contribution in [0.3, 0.4) is 0 Å². The Labute approximate surface area is 137 Å². The van der Waals surface area contributed by atoms with Gasteiger partial charge in [-0.2, -0.15) is 17.7 Å². The summed E-state index contributed by atoms with van der Waals surface area (Å²) in [5.41, 5.74) is 0.0576. The number of hydrogen-bond donors (Lipinski definition) is 1. The van der Waals surface area contributed by atoms with Crippen LogP contribution >= 0.6 is 23.1 Å². The number of halogens is 3. The van der Waals surface area contributed by atoms with Gasteiger partial charge in [0.05, 0.1) is 0 Å². The van der Waals surface area contributed by atoms with Crippen molar-refractivity contribution in [1.82, 2.24) is 24.8 Å². The molecule has 3 aromatic rings. The summed E-state index contributed by atoms with van der Waals surface area (Å²) in [4.78, 5) is 4.16. The molecule has 0 amide bonds. The molecule has 0 fully saturated rings. The number of alkyl halides is 3. The number of hydrogen-bond acceptors (Lipinski definition) is 7. The Kier molecular flexibility index (Phi) is 4.66. The molecule has 3 heterocycles. The zero-order chi connectivity index (χ0) is 16.3. The van der Waals surface area contributed by atoms with Crippen molar-refractivity contribution in [2.75, 3.05) is 17.6 Å². The molecule has 3 rings (SSSR count). The zero-order valence-electron chi connectivity index (χ0n) is 11.6. The Hall–Kier alpha value is -1.88. The van der Waals surface area contributed by atoms with E-state index in [1.54, 1.807) is 35.4 Å². The maximum atomic E-state index is 12.8. The minimum atomic E-state index is -4.59.